The third-order valence-corrected chi connectivity index (χ3v) is 3.52. The summed E-state index contributed by atoms with van der Waals surface area (Å²) >= 11 is 0. The highest BCUT2D eigenvalue weighted by molar-refractivity contribution is 5.88. The first-order chi connectivity index (χ1) is 11.7. The zero-order valence-corrected chi connectivity index (χ0v) is 13.6. The van der Waals surface area contributed by atoms with Crippen molar-refractivity contribution in [3.63, 3.8) is 0 Å². The summed E-state index contributed by atoms with van der Waals surface area (Å²) in [6, 6.07) is 8.97. The van der Waals surface area contributed by atoms with Gasteiger partial charge in [0, 0.05) is 17.8 Å². The Hall–Kier alpha value is -3.09. The standard InChI is InChI=1S/C17H17N3O4/c1-4-24-17(21)12-10-16-18-8-7-13(20(16)19-12)11-5-6-14(22-2)15(9-11)23-3/h5-10H,4H2,1-3H3. The summed E-state index contributed by atoms with van der Waals surface area (Å²) < 4.78 is 17.2. The van der Waals surface area contributed by atoms with Crippen molar-refractivity contribution in [3.8, 4) is 22.8 Å². The van der Waals surface area contributed by atoms with E-state index >= 15 is 0 Å². The third-order valence-electron chi connectivity index (χ3n) is 3.52. The lowest BCUT2D eigenvalue weighted by Gasteiger charge is -2.10. The number of hydrogen-bond acceptors (Lipinski definition) is 6. The average molecular weight is 327 g/mol. The molecule has 0 aliphatic rings. The number of nitrogens with zero attached hydrogens (tertiary/aromatic N) is 3. The molecule has 0 amide bonds. The predicted octanol–water partition coefficient (Wildman–Crippen LogP) is 2.59. The Morgan fingerprint density at radius 2 is 1.92 bits per heavy atom. The van der Waals surface area contributed by atoms with Crippen LogP contribution in [-0.2, 0) is 4.74 Å². The van der Waals surface area contributed by atoms with E-state index in [0.717, 1.165) is 11.3 Å². The first-order valence-electron chi connectivity index (χ1n) is 7.42. The van der Waals surface area contributed by atoms with Crippen molar-refractivity contribution in [2.45, 2.75) is 6.92 Å². The fourth-order valence-electron chi connectivity index (χ4n) is 2.41. The molecule has 3 aromatic rings. The lowest BCUT2D eigenvalue weighted by atomic mass is 10.1. The molecule has 0 atom stereocenters. The van der Waals surface area contributed by atoms with Gasteiger partial charge in [-0.3, -0.25) is 0 Å². The van der Waals surface area contributed by atoms with Crippen molar-refractivity contribution in [2.24, 2.45) is 0 Å². The first-order valence-corrected chi connectivity index (χ1v) is 7.42. The Balaban J connectivity index is 2.11. The zero-order valence-electron chi connectivity index (χ0n) is 13.6. The number of benzene rings is 1. The molecule has 0 unspecified atom stereocenters. The second kappa shape index (κ2) is 6.57. The van der Waals surface area contributed by atoms with Gasteiger partial charge in [-0.15, -0.1) is 0 Å². The summed E-state index contributed by atoms with van der Waals surface area (Å²) in [5.41, 5.74) is 2.41. The summed E-state index contributed by atoms with van der Waals surface area (Å²) in [4.78, 5) is 16.1. The molecule has 0 spiro atoms. The van der Waals surface area contributed by atoms with Crippen LogP contribution < -0.4 is 9.47 Å². The van der Waals surface area contributed by atoms with Gasteiger partial charge in [-0.2, -0.15) is 5.10 Å². The number of rotatable bonds is 5. The number of esters is 1. The maximum atomic E-state index is 11.9. The minimum atomic E-state index is -0.471. The molecule has 0 aliphatic heterocycles. The van der Waals surface area contributed by atoms with Crippen LogP contribution in [0.15, 0.2) is 36.5 Å². The van der Waals surface area contributed by atoms with Crippen LogP contribution in [0, 0.1) is 0 Å². The predicted molar refractivity (Wildman–Crippen MR) is 87.5 cm³/mol. The summed E-state index contributed by atoms with van der Waals surface area (Å²) in [6.07, 6.45) is 1.66. The van der Waals surface area contributed by atoms with Gasteiger partial charge >= 0.3 is 5.97 Å². The van der Waals surface area contributed by atoms with Gasteiger partial charge in [0.25, 0.3) is 0 Å². The largest absolute Gasteiger partial charge is 0.493 e. The fourth-order valence-corrected chi connectivity index (χ4v) is 2.41. The Labute approximate surface area is 138 Å². The topological polar surface area (TPSA) is 75.0 Å². The van der Waals surface area contributed by atoms with Gasteiger partial charge in [-0.25, -0.2) is 14.3 Å². The molecule has 0 radical (unpaired) electrons. The molecule has 0 bridgehead atoms. The number of methoxy groups -OCH3 is 2. The van der Waals surface area contributed by atoms with Gasteiger partial charge in [0.15, 0.2) is 22.8 Å². The molecule has 1 aromatic carbocycles. The molecule has 3 rings (SSSR count). The zero-order chi connectivity index (χ0) is 17.1. The Bertz CT molecular complexity index is 889. The van der Waals surface area contributed by atoms with E-state index in [1.54, 1.807) is 37.9 Å². The quantitative estimate of drug-likeness (QED) is 0.671. The molecule has 24 heavy (non-hydrogen) atoms. The number of carbonyl (C=O) groups excluding carboxylic acids is 1. The fraction of sp³-hybridized carbons (Fsp3) is 0.235. The molecule has 7 heteroatoms. The number of ether oxygens (including phenoxy) is 3. The Kier molecular flexibility index (Phi) is 4.33. The summed E-state index contributed by atoms with van der Waals surface area (Å²) in [6.45, 7) is 2.05. The molecule has 0 saturated carbocycles. The summed E-state index contributed by atoms with van der Waals surface area (Å²) in [5.74, 6) is 0.776. The smallest absolute Gasteiger partial charge is 0.358 e. The maximum absolute atomic E-state index is 11.9. The van der Waals surface area contributed by atoms with E-state index in [-0.39, 0.29) is 5.69 Å². The highest BCUT2D eigenvalue weighted by atomic mass is 16.5. The van der Waals surface area contributed by atoms with E-state index in [0.29, 0.717) is 23.8 Å². The highest BCUT2D eigenvalue weighted by Gasteiger charge is 2.15. The molecule has 0 N–H and O–H groups in total. The lowest BCUT2D eigenvalue weighted by Crippen LogP contribution is -2.05. The normalized spacial score (nSPS) is 10.6. The van der Waals surface area contributed by atoms with E-state index in [4.69, 9.17) is 14.2 Å². The Morgan fingerprint density at radius 1 is 1.12 bits per heavy atom. The van der Waals surface area contributed by atoms with Crippen molar-refractivity contribution in [1.29, 1.82) is 0 Å². The third kappa shape index (κ3) is 2.76. The van der Waals surface area contributed by atoms with Crippen molar-refractivity contribution >= 4 is 11.6 Å². The van der Waals surface area contributed by atoms with Gasteiger partial charge < -0.3 is 14.2 Å². The van der Waals surface area contributed by atoms with Gasteiger partial charge in [-0.05, 0) is 31.2 Å². The Morgan fingerprint density at radius 3 is 2.62 bits per heavy atom. The number of aromatic nitrogens is 3. The second-order valence-electron chi connectivity index (χ2n) is 4.92. The van der Waals surface area contributed by atoms with Crippen LogP contribution in [0.1, 0.15) is 17.4 Å². The maximum Gasteiger partial charge on any atom is 0.358 e. The van der Waals surface area contributed by atoms with Crippen LogP contribution in [0.4, 0.5) is 0 Å². The van der Waals surface area contributed by atoms with Crippen LogP contribution in [0.25, 0.3) is 16.9 Å². The molecular weight excluding hydrogens is 310 g/mol. The molecule has 124 valence electrons. The molecule has 2 heterocycles. The highest BCUT2D eigenvalue weighted by Crippen LogP contribution is 2.32. The van der Waals surface area contributed by atoms with Crippen molar-refractivity contribution in [3.05, 3.63) is 42.2 Å². The first kappa shape index (κ1) is 15.8. The minimum Gasteiger partial charge on any atom is -0.493 e. The van der Waals surface area contributed by atoms with Crippen molar-refractivity contribution in [1.82, 2.24) is 14.6 Å². The molecule has 7 nitrogen and oxygen atoms in total. The number of carbonyl (C=O) groups is 1. The van der Waals surface area contributed by atoms with Crippen molar-refractivity contribution < 1.29 is 19.0 Å². The van der Waals surface area contributed by atoms with Gasteiger partial charge in [0.05, 0.1) is 26.5 Å². The van der Waals surface area contributed by atoms with Crippen LogP contribution >= 0.6 is 0 Å². The summed E-state index contributed by atoms with van der Waals surface area (Å²) in [5, 5.41) is 4.31. The van der Waals surface area contributed by atoms with Gasteiger partial charge in [-0.1, -0.05) is 0 Å². The lowest BCUT2D eigenvalue weighted by molar-refractivity contribution is 0.0519. The number of fused-ring (bicyclic) bond motifs is 1. The second-order valence-corrected chi connectivity index (χ2v) is 4.92. The summed E-state index contributed by atoms with van der Waals surface area (Å²) in [7, 11) is 3.16. The van der Waals surface area contributed by atoms with Crippen LogP contribution in [-0.4, -0.2) is 41.4 Å². The van der Waals surface area contributed by atoms with E-state index in [1.807, 2.05) is 24.3 Å². The van der Waals surface area contributed by atoms with E-state index < -0.39 is 5.97 Å². The molecular formula is C17H17N3O4. The molecule has 0 saturated heterocycles. The van der Waals surface area contributed by atoms with E-state index in [2.05, 4.69) is 10.1 Å². The van der Waals surface area contributed by atoms with E-state index in [9.17, 15) is 4.79 Å². The monoisotopic (exact) mass is 327 g/mol. The van der Waals surface area contributed by atoms with Crippen LogP contribution in [0.5, 0.6) is 11.5 Å². The number of hydrogen-bond donors (Lipinski definition) is 0. The SMILES string of the molecule is CCOC(=O)c1cc2nccc(-c3ccc(OC)c(OC)c3)n2n1. The molecule has 0 fully saturated rings. The van der Waals surface area contributed by atoms with Gasteiger partial charge in [0.2, 0.25) is 0 Å². The van der Waals surface area contributed by atoms with Crippen LogP contribution in [0.2, 0.25) is 0 Å². The van der Waals surface area contributed by atoms with Crippen molar-refractivity contribution in [2.75, 3.05) is 20.8 Å². The van der Waals surface area contributed by atoms with E-state index in [1.165, 1.54) is 0 Å². The van der Waals surface area contributed by atoms with Gasteiger partial charge in [0.1, 0.15) is 0 Å². The van der Waals surface area contributed by atoms with Crippen LogP contribution in [0.3, 0.4) is 0 Å². The molecule has 2 aromatic heterocycles. The molecule has 0 aliphatic carbocycles. The minimum absolute atomic E-state index is 0.220. The average Bonchev–Trinajstić information content (AvgIpc) is 3.05.